The summed E-state index contributed by atoms with van der Waals surface area (Å²) in [5, 5.41) is 0. The minimum atomic E-state index is -5.33. The second kappa shape index (κ2) is 8.66. The number of likely N-dealkylation sites (tertiary alicyclic amines) is 1. The summed E-state index contributed by atoms with van der Waals surface area (Å²) in [7, 11) is 2.15. The normalized spacial score (nSPS) is 20.7. The van der Waals surface area contributed by atoms with Gasteiger partial charge in [-0.2, -0.15) is 13.2 Å². The van der Waals surface area contributed by atoms with Gasteiger partial charge in [0.2, 0.25) is 0 Å². The average Bonchev–Trinajstić information content (AvgIpc) is 3.35. The number of pyridine rings is 1. The number of aromatic amines is 1. The van der Waals surface area contributed by atoms with Gasteiger partial charge in [0.25, 0.3) is 5.56 Å². The number of aryl methyl sites for hydroxylation is 1. The first-order valence-corrected chi connectivity index (χ1v) is 10.7. The maximum absolute atomic E-state index is 12.4. The van der Waals surface area contributed by atoms with Crippen LogP contribution in [0.1, 0.15) is 29.3 Å². The molecule has 1 aromatic heterocycles. The molecule has 2 aliphatic heterocycles. The lowest BCUT2D eigenvalue weighted by Crippen LogP contribution is -2.32. The SMILES string of the molecule is CCc1cc(C(=O)OC(=O)C(F)(F)F)c(=O)[nH]c1-c1ccc(N2C[C@H]3CCN(C)[C@H]3C2)cc1. The molecule has 176 valence electrons. The lowest BCUT2D eigenvalue weighted by Gasteiger charge is -2.22. The van der Waals surface area contributed by atoms with E-state index in [0.29, 0.717) is 35.2 Å². The highest BCUT2D eigenvalue weighted by Crippen LogP contribution is 2.34. The Labute approximate surface area is 188 Å². The summed E-state index contributed by atoms with van der Waals surface area (Å²) in [5.41, 5.74) is 1.19. The Balaban J connectivity index is 1.55. The number of nitrogens with one attached hydrogen (secondary N) is 1. The van der Waals surface area contributed by atoms with E-state index in [1.807, 2.05) is 24.3 Å². The summed E-state index contributed by atoms with van der Waals surface area (Å²) < 4.78 is 40.9. The van der Waals surface area contributed by atoms with E-state index in [4.69, 9.17) is 0 Å². The van der Waals surface area contributed by atoms with Crippen molar-refractivity contribution in [3.05, 3.63) is 51.8 Å². The summed E-state index contributed by atoms with van der Waals surface area (Å²) in [6.07, 6.45) is -3.75. The van der Waals surface area contributed by atoms with Crippen LogP contribution in [-0.4, -0.2) is 60.7 Å². The zero-order chi connectivity index (χ0) is 23.9. The van der Waals surface area contributed by atoms with Crippen LogP contribution in [0.3, 0.4) is 0 Å². The Bertz CT molecular complexity index is 1130. The molecule has 1 aromatic carbocycles. The molecule has 0 radical (unpaired) electrons. The Hall–Kier alpha value is -3.14. The second-order valence-corrected chi connectivity index (χ2v) is 8.49. The molecule has 2 fully saturated rings. The van der Waals surface area contributed by atoms with E-state index in [9.17, 15) is 27.6 Å². The van der Waals surface area contributed by atoms with E-state index in [2.05, 4.69) is 26.6 Å². The summed E-state index contributed by atoms with van der Waals surface area (Å²) in [6.45, 7) is 4.87. The zero-order valence-electron chi connectivity index (χ0n) is 18.2. The highest BCUT2D eigenvalue weighted by Gasteiger charge is 2.43. The van der Waals surface area contributed by atoms with Crippen molar-refractivity contribution in [2.75, 3.05) is 31.6 Å². The maximum Gasteiger partial charge on any atom is 0.491 e. The molecule has 33 heavy (non-hydrogen) atoms. The van der Waals surface area contributed by atoms with Gasteiger partial charge in [0.15, 0.2) is 0 Å². The molecule has 0 amide bonds. The van der Waals surface area contributed by atoms with Gasteiger partial charge in [-0.1, -0.05) is 19.1 Å². The number of H-pyrrole nitrogens is 1. The third-order valence-electron chi connectivity index (χ3n) is 6.49. The number of anilines is 1. The predicted molar refractivity (Wildman–Crippen MR) is 115 cm³/mol. The molecular weight excluding hydrogens is 439 g/mol. The number of nitrogens with zero attached hydrogens (tertiary/aromatic N) is 2. The van der Waals surface area contributed by atoms with Crippen molar-refractivity contribution < 1.29 is 27.5 Å². The van der Waals surface area contributed by atoms with Gasteiger partial charge in [-0.15, -0.1) is 0 Å². The molecule has 3 heterocycles. The molecule has 1 N–H and O–H groups in total. The van der Waals surface area contributed by atoms with E-state index >= 15 is 0 Å². The van der Waals surface area contributed by atoms with Crippen molar-refractivity contribution in [1.82, 2.24) is 9.88 Å². The highest BCUT2D eigenvalue weighted by atomic mass is 19.4. The van der Waals surface area contributed by atoms with Gasteiger partial charge in [-0.25, -0.2) is 9.59 Å². The summed E-state index contributed by atoms with van der Waals surface area (Å²) in [4.78, 5) is 42.6. The fraction of sp³-hybridized carbons (Fsp3) is 0.435. The first kappa shape index (κ1) is 23.0. The van der Waals surface area contributed by atoms with Crippen molar-refractivity contribution >= 4 is 17.6 Å². The Kier molecular flexibility index (Phi) is 6.04. The van der Waals surface area contributed by atoms with Crippen LogP contribution in [0.5, 0.6) is 0 Å². The van der Waals surface area contributed by atoms with Crippen molar-refractivity contribution in [1.29, 1.82) is 0 Å². The predicted octanol–water partition coefficient (Wildman–Crippen LogP) is 2.99. The van der Waals surface area contributed by atoms with Crippen LogP contribution < -0.4 is 10.5 Å². The van der Waals surface area contributed by atoms with Gasteiger partial charge in [-0.3, -0.25) is 4.79 Å². The molecule has 2 aromatic rings. The molecule has 10 heteroatoms. The van der Waals surface area contributed by atoms with Gasteiger partial charge in [0.05, 0.1) is 5.69 Å². The number of benzene rings is 1. The van der Waals surface area contributed by atoms with Gasteiger partial charge in [-0.05, 0) is 61.7 Å². The molecule has 0 bridgehead atoms. The van der Waals surface area contributed by atoms with Crippen LogP contribution in [-0.2, 0) is 16.0 Å². The minimum absolute atomic E-state index is 0.392. The fourth-order valence-corrected chi connectivity index (χ4v) is 4.68. The van der Waals surface area contributed by atoms with Crippen LogP contribution in [0.4, 0.5) is 18.9 Å². The fourth-order valence-electron chi connectivity index (χ4n) is 4.68. The van der Waals surface area contributed by atoms with Crippen LogP contribution in [0.25, 0.3) is 11.3 Å². The van der Waals surface area contributed by atoms with Gasteiger partial charge < -0.3 is 19.5 Å². The second-order valence-electron chi connectivity index (χ2n) is 8.49. The molecule has 2 atom stereocenters. The number of rotatable bonds is 4. The van der Waals surface area contributed by atoms with Crippen molar-refractivity contribution in [2.45, 2.75) is 32.0 Å². The van der Waals surface area contributed by atoms with Crippen molar-refractivity contribution in [3.63, 3.8) is 0 Å². The zero-order valence-corrected chi connectivity index (χ0v) is 18.2. The monoisotopic (exact) mass is 463 g/mol. The Morgan fingerprint density at radius 3 is 2.48 bits per heavy atom. The molecule has 0 unspecified atom stereocenters. The molecular formula is C23H24F3N3O4. The van der Waals surface area contributed by atoms with Crippen LogP contribution in [0.15, 0.2) is 35.1 Å². The first-order chi connectivity index (χ1) is 15.6. The number of aromatic nitrogens is 1. The maximum atomic E-state index is 12.4. The van der Waals surface area contributed by atoms with E-state index in [1.165, 1.54) is 12.5 Å². The number of carbonyl (C=O) groups is 2. The van der Waals surface area contributed by atoms with Crippen molar-refractivity contribution in [3.8, 4) is 11.3 Å². The number of alkyl halides is 3. The molecule has 7 nitrogen and oxygen atoms in total. The highest BCUT2D eigenvalue weighted by molar-refractivity contribution is 5.98. The number of halogens is 3. The number of hydrogen-bond donors (Lipinski definition) is 1. The molecule has 2 aliphatic rings. The van der Waals surface area contributed by atoms with Crippen LogP contribution in [0, 0.1) is 5.92 Å². The standard InChI is InChI=1S/C23H24F3N3O4/c1-3-13-10-17(21(31)33-22(32)23(24,25)26)20(30)27-19(13)14-4-6-16(7-5-14)29-11-15-8-9-28(2)18(15)12-29/h4-7,10,15,18H,3,8-9,11-12H2,1-2H3,(H,27,30)/t15-,18+/m1/s1. The molecule has 0 saturated carbocycles. The lowest BCUT2D eigenvalue weighted by molar-refractivity contribution is -0.193. The summed E-state index contributed by atoms with van der Waals surface area (Å²) in [6, 6.07) is 9.40. The topological polar surface area (TPSA) is 82.7 Å². The number of ether oxygens (including phenoxy) is 1. The first-order valence-electron chi connectivity index (χ1n) is 10.7. The largest absolute Gasteiger partial charge is 0.491 e. The van der Waals surface area contributed by atoms with Crippen LogP contribution >= 0.6 is 0 Å². The third kappa shape index (κ3) is 4.52. The van der Waals surface area contributed by atoms with E-state index in [0.717, 1.165) is 25.3 Å². The smallest absolute Gasteiger partial charge is 0.382 e. The third-order valence-corrected chi connectivity index (χ3v) is 6.49. The minimum Gasteiger partial charge on any atom is -0.382 e. The number of hydrogen-bond acceptors (Lipinski definition) is 6. The summed E-state index contributed by atoms with van der Waals surface area (Å²) in [5.74, 6) is -3.64. The van der Waals surface area contributed by atoms with E-state index in [-0.39, 0.29) is 0 Å². The van der Waals surface area contributed by atoms with Gasteiger partial charge in [0.1, 0.15) is 5.56 Å². The van der Waals surface area contributed by atoms with E-state index in [1.54, 1.807) is 6.92 Å². The quantitative estimate of drug-likeness (QED) is 0.555. The Morgan fingerprint density at radius 1 is 1.18 bits per heavy atom. The molecule has 0 aliphatic carbocycles. The number of likely N-dealkylation sites (N-methyl/N-ethyl adjacent to an activating group) is 1. The lowest BCUT2D eigenvalue weighted by atomic mass is 10.0. The number of carbonyl (C=O) groups excluding carboxylic acids is 2. The average molecular weight is 463 g/mol. The molecule has 2 saturated heterocycles. The molecule has 0 spiro atoms. The van der Waals surface area contributed by atoms with E-state index < -0.39 is 29.2 Å². The van der Waals surface area contributed by atoms with Gasteiger partial charge >= 0.3 is 18.1 Å². The molecule has 4 rings (SSSR count). The van der Waals surface area contributed by atoms with Crippen LogP contribution in [0.2, 0.25) is 0 Å². The Morgan fingerprint density at radius 2 is 1.88 bits per heavy atom. The summed E-state index contributed by atoms with van der Waals surface area (Å²) >= 11 is 0. The van der Waals surface area contributed by atoms with Crippen molar-refractivity contribution in [2.24, 2.45) is 5.92 Å². The number of fused-ring (bicyclic) bond motifs is 1. The number of esters is 2. The van der Waals surface area contributed by atoms with Gasteiger partial charge in [0, 0.05) is 24.8 Å².